The van der Waals surface area contributed by atoms with Crippen LogP contribution < -0.4 is 15.4 Å². The Balaban J connectivity index is 1.72. The second-order valence-corrected chi connectivity index (χ2v) is 7.00. The predicted octanol–water partition coefficient (Wildman–Crippen LogP) is 2.30. The highest BCUT2D eigenvalue weighted by atomic mass is 16.5. The molecule has 0 saturated carbocycles. The van der Waals surface area contributed by atoms with Crippen molar-refractivity contribution in [1.82, 2.24) is 10.2 Å². The van der Waals surface area contributed by atoms with Crippen LogP contribution in [0.25, 0.3) is 0 Å². The minimum absolute atomic E-state index is 0.00519. The molecule has 3 N–H and O–H groups in total. The monoisotopic (exact) mass is 413 g/mol. The minimum Gasteiger partial charge on any atom is -0.497 e. The smallest absolute Gasteiger partial charge is 0.319 e. The zero-order valence-electron chi connectivity index (χ0n) is 17.1. The number of morpholine rings is 1. The summed E-state index contributed by atoms with van der Waals surface area (Å²) < 4.78 is 10.6. The summed E-state index contributed by atoms with van der Waals surface area (Å²) in [5.41, 5.74) is 2.19. The van der Waals surface area contributed by atoms with Crippen LogP contribution >= 0.6 is 0 Å². The molecular weight excluding hydrogens is 386 g/mol. The van der Waals surface area contributed by atoms with E-state index in [1.54, 1.807) is 36.3 Å². The van der Waals surface area contributed by atoms with Gasteiger partial charge >= 0.3 is 6.03 Å². The number of carbonyl (C=O) groups is 2. The Hall–Kier alpha value is -3.10. The molecule has 2 aromatic carbocycles. The molecule has 2 unspecified atom stereocenters. The number of hydrogen-bond acceptors (Lipinski definition) is 5. The van der Waals surface area contributed by atoms with Gasteiger partial charge in [0.15, 0.2) is 0 Å². The highest BCUT2D eigenvalue weighted by Crippen LogP contribution is 2.27. The number of urea groups is 1. The average Bonchev–Trinajstić information content (AvgIpc) is 2.76. The van der Waals surface area contributed by atoms with Gasteiger partial charge in [0, 0.05) is 18.8 Å². The number of ether oxygens (including phenoxy) is 2. The van der Waals surface area contributed by atoms with Crippen LogP contribution in [0.2, 0.25) is 0 Å². The third-order valence-electron chi connectivity index (χ3n) is 4.96. The Kier molecular flexibility index (Phi) is 7.26. The molecule has 8 nitrogen and oxygen atoms in total. The lowest BCUT2D eigenvalue weighted by Gasteiger charge is -2.38. The lowest BCUT2D eigenvalue weighted by molar-refractivity contribution is -0.155. The number of anilines is 1. The topological polar surface area (TPSA) is 100 Å². The normalized spacial score (nSPS) is 17.4. The largest absolute Gasteiger partial charge is 0.497 e. The maximum absolute atomic E-state index is 12.5. The maximum atomic E-state index is 12.5. The van der Waals surface area contributed by atoms with Crippen molar-refractivity contribution in [2.24, 2.45) is 0 Å². The first-order valence-electron chi connectivity index (χ1n) is 9.84. The van der Waals surface area contributed by atoms with Crippen LogP contribution in [0, 0.1) is 0 Å². The summed E-state index contributed by atoms with van der Waals surface area (Å²) in [5, 5.41) is 16.3. The average molecular weight is 413 g/mol. The molecule has 3 rings (SSSR count). The lowest BCUT2D eigenvalue weighted by Crippen LogP contribution is -2.51. The van der Waals surface area contributed by atoms with Crippen molar-refractivity contribution in [3.05, 3.63) is 59.7 Å². The molecule has 1 saturated heterocycles. The molecule has 1 aliphatic heterocycles. The highest BCUT2D eigenvalue weighted by molar-refractivity contribution is 5.89. The summed E-state index contributed by atoms with van der Waals surface area (Å²) >= 11 is 0. The molecule has 2 atom stereocenters. The van der Waals surface area contributed by atoms with Gasteiger partial charge in [-0.2, -0.15) is 0 Å². The first-order valence-corrected chi connectivity index (χ1v) is 9.84. The molecule has 0 spiro atoms. The molecule has 1 heterocycles. The second kappa shape index (κ2) is 10.1. The summed E-state index contributed by atoms with van der Waals surface area (Å²) in [6.45, 7) is 2.97. The van der Waals surface area contributed by atoms with Crippen LogP contribution in [0.4, 0.5) is 10.5 Å². The summed E-state index contributed by atoms with van der Waals surface area (Å²) in [6, 6.07) is 13.6. The van der Waals surface area contributed by atoms with E-state index < -0.39 is 12.1 Å². The Bertz CT molecular complexity index is 854. The fourth-order valence-electron chi connectivity index (χ4n) is 3.34. The second-order valence-electron chi connectivity index (χ2n) is 7.00. The van der Waals surface area contributed by atoms with Crippen LogP contribution in [0.3, 0.4) is 0 Å². The quantitative estimate of drug-likeness (QED) is 0.647. The van der Waals surface area contributed by atoms with Crippen molar-refractivity contribution in [1.29, 1.82) is 0 Å². The van der Waals surface area contributed by atoms with E-state index in [4.69, 9.17) is 9.47 Å². The molecule has 160 valence electrons. The van der Waals surface area contributed by atoms with Gasteiger partial charge in [-0.15, -0.1) is 0 Å². The number of carbonyl (C=O) groups excluding carboxylic acids is 2. The van der Waals surface area contributed by atoms with Gasteiger partial charge < -0.3 is 30.1 Å². The summed E-state index contributed by atoms with van der Waals surface area (Å²) in [5.74, 6) is 0.570. The fourth-order valence-corrected chi connectivity index (χ4v) is 3.34. The van der Waals surface area contributed by atoms with Crippen LogP contribution in [-0.2, 0) is 16.1 Å². The van der Waals surface area contributed by atoms with Crippen molar-refractivity contribution >= 4 is 17.6 Å². The zero-order valence-corrected chi connectivity index (χ0v) is 17.1. The minimum atomic E-state index is -0.925. The number of aliphatic hydroxyl groups is 1. The van der Waals surface area contributed by atoms with Gasteiger partial charge in [-0.3, -0.25) is 4.79 Å². The number of rotatable bonds is 7. The molecule has 0 radical (unpaired) electrons. The fraction of sp³-hybridized carbons (Fsp3) is 0.364. The Morgan fingerprint density at radius 1 is 1.23 bits per heavy atom. The van der Waals surface area contributed by atoms with Crippen molar-refractivity contribution < 1.29 is 24.2 Å². The number of benzene rings is 2. The SMILES string of the molecule is CCNC(=O)Nc1ccc(C(O)C2COCC(=O)N2Cc2ccc(OC)cc2)cc1. The Labute approximate surface area is 175 Å². The van der Waals surface area contributed by atoms with Crippen molar-refractivity contribution in [2.45, 2.75) is 25.6 Å². The Morgan fingerprint density at radius 2 is 1.93 bits per heavy atom. The Morgan fingerprint density at radius 3 is 2.57 bits per heavy atom. The molecule has 1 fully saturated rings. The third-order valence-corrected chi connectivity index (χ3v) is 4.96. The van der Waals surface area contributed by atoms with Gasteiger partial charge in [-0.05, 0) is 42.3 Å². The molecule has 0 bridgehead atoms. The number of aliphatic hydroxyl groups excluding tert-OH is 1. The molecule has 1 aliphatic rings. The predicted molar refractivity (Wildman–Crippen MR) is 112 cm³/mol. The number of nitrogens with zero attached hydrogens (tertiary/aromatic N) is 1. The van der Waals surface area contributed by atoms with Gasteiger partial charge in [0.1, 0.15) is 18.5 Å². The molecule has 2 aromatic rings. The molecule has 0 aliphatic carbocycles. The van der Waals surface area contributed by atoms with Crippen molar-refractivity contribution in [2.75, 3.05) is 32.2 Å². The van der Waals surface area contributed by atoms with Crippen LogP contribution in [0.5, 0.6) is 5.75 Å². The van der Waals surface area contributed by atoms with E-state index in [-0.39, 0.29) is 25.2 Å². The van der Waals surface area contributed by atoms with E-state index in [1.165, 1.54) is 0 Å². The van der Waals surface area contributed by atoms with E-state index in [2.05, 4.69) is 10.6 Å². The van der Waals surface area contributed by atoms with Gasteiger partial charge in [0.2, 0.25) is 5.91 Å². The van der Waals surface area contributed by atoms with Crippen LogP contribution in [0.15, 0.2) is 48.5 Å². The lowest BCUT2D eigenvalue weighted by atomic mass is 9.99. The van der Waals surface area contributed by atoms with E-state index in [1.807, 2.05) is 31.2 Å². The molecular formula is C22H27N3O5. The van der Waals surface area contributed by atoms with E-state index in [9.17, 15) is 14.7 Å². The van der Waals surface area contributed by atoms with E-state index in [0.717, 1.165) is 11.3 Å². The third kappa shape index (κ3) is 5.28. The molecule has 30 heavy (non-hydrogen) atoms. The first-order chi connectivity index (χ1) is 14.5. The molecule has 8 heteroatoms. The highest BCUT2D eigenvalue weighted by Gasteiger charge is 2.34. The molecule has 3 amide bonds. The van der Waals surface area contributed by atoms with E-state index in [0.29, 0.717) is 24.3 Å². The van der Waals surface area contributed by atoms with Crippen LogP contribution in [0.1, 0.15) is 24.2 Å². The van der Waals surface area contributed by atoms with Gasteiger partial charge in [0.25, 0.3) is 0 Å². The molecule has 0 aromatic heterocycles. The standard InChI is InChI=1S/C22H27N3O5/c1-3-23-22(28)24-17-8-6-16(7-9-17)21(27)19-13-30-14-20(26)25(19)12-15-4-10-18(29-2)11-5-15/h4-11,19,21,27H,3,12-14H2,1-2H3,(H2,23,24,28). The number of hydrogen-bond donors (Lipinski definition) is 3. The summed E-state index contributed by atoms with van der Waals surface area (Å²) in [6.07, 6.45) is -0.925. The number of nitrogens with one attached hydrogen (secondary N) is 2. The van der Waals surface area contributed by atoms with Crippen LogP contribution in [-0.4, -0.2) is 54.9 Å². The number of methoxy groups -OCH3 is 1. The van der Waals surface area contributed by atoms with Crippen molar-refractivity contribution in [3.8, 4) is 5.75 Å². The van der Waals surface area contributed by atoms with Gasteiger partial charge in [-0.1, -0.05) is 24.3 Å². The number of amides is 3. The zero-order chi connectivity index (χ0) is 21.5. The van der Waals surface area contributed by atoms with Gasteiger partial charge in [0.05, 0.1) is 19.8 Å². The first kappa shape index (κ1) is 21.6. The van der Waals surface area contributed by atoms with Crippen molar-refractivity contribution in [3.63, 3.8) is 0 Å². The van der Waals surface area contributed by atoms with E-state index >= 15 is 0 Å². The maximum Gasteiger partial charge on any atom is 0.319 e. The summed E-state index contributed by atoms with van der Waals surface area (Å²) in [7, 11) is 1.60. The summed E-state index contributed by atoms with van der Waals surface area (Å²) in [4.78, 5) is 25.8. The van der Waals surface area contributed by atoms with Gasteiger partial charge in [-0.25, -0.2) is 4.79 Å².